The van der Waals surface area contributed by atoms with Crippen LogP contribution in [-0.4, -0.2) is 24.6 Å². The molecule has 1 aliphatic rings. The van der Waals surface area contributed by atoms with Crippen LogP contribution in [0, 0.1) is 12.8 Å². The molecule has 1 aliphatic carbocycles. The highest BCUT2D eigenvalue weighted by molar-refractivity contribution is 7.11. The van der Waals surface area contributed by atoms with Gasteiger partial charge in [-0.2, -0.15) is 0 Å². The maximum atomic E-state index is 4.39. The van der Waals surface area contributed by atoms with E-state index in [0.717, 1.165) is 19.0 Å². The number of aryl methyl sites for hydroxylation is 1. The molecule has 0 aliphatic heterocycles. The minimum atomic E-state index is 0.376. The molecule has 1 atom stereocenters. The van der Waals surface area contributed by atoms with Crippen molar-refractivity contribution in [1.29, 1.82) is 0 Å². The molecule has 4 heteroatoms. The second-order valence-corrected chi connectivity index (χ2v) is 5.90. The van der Waals surface area contributed by atoms with Gasteiger partial charge in [0.2, 0.25) is 0 Å². The van der Waals surface area contributed by atoms with E-state index >= 15 is 0 Å². The molecule has 1 fully saturated rings. The minimum absolute atomic E-state index is 0.376. The minimum Gasteiger partial charge on any atom is -0.315 e. The lowest BCUT2D eigenvalue weighted by Crippen LogP contribution is -2.30. The molecule has 0 spiro atoms. The van der Waals surface area contributed by atoms with Crippen molar-refractivity contribution < 1.29 is 0 Å². The van der Waals surface area contributed by atoms with Crippen molar-refractivity contribution in [3.8, 4) is 0 Å². The van der Waals surface area contributed by atoms with Crippen LogP contribution in [0.15, 0.2) is 6.20 Å². The lowest BCUT2D eigenvalue weighted by Gasteiger charge is -2.11. The van der Waals surface area contributed by atoms with Crippen molar-refractivity contribution in [1.82, 2.24) is 15.6 Å². The van der Waals surface area contributed by atoms with Gasteiger partial charge in [-0.15, -0.1) is 11.3 Å². The molecule has 0 saturated heterocycles. The molecule has 0 aromatic carbocycles. The Labute approximate surface area is 102 Å². The molecule has 0 radical (unpaired) electrons. The average Bonchev–Trinajstić information content (AvgIpc) is 2.99. The Hall–Kier alpha value is -0.450. The van der Waals surface area contributed by atoms with Crippen LogP contribution in [0.1, 0.15) is 35.7 Å². The maximum Gasteiger partial charge on any atom is 0.109 e. The van der Waals surface area contributed by atoms with Crippen LogP contribution in [0.25, 0.3) is 0 Å². The lowest BCUT2D eigenvalue weighted by molar-refractivity contribution is 0.536. The smallest absolute Gasteiger partial charge is 0.109 e. The second-order valence-electron chi connectivity index (χ2n) is 4.63. The summed E-state index contributed by atoms with van der Waals surface area (Å²) in [6, 6.07) is 0.376. The van der Waals surface area contributed by atoms with E-state index in [0.29, 0.717) is 6.04 Å². The normalized spacial score (nSPS) is 17.6. The first-order valence-corrected chi connectivity index (χ1v) is 6.94. The molecule has 1 aromatic rings. The zero-order chi connectivity index (χ0) is 11.4. The molecule has 2 rings (SSSR count). The van der Waals surface area contributed by atoms with E-state index in [2.05, 4.69) is 29.5 Å². The van der Waals surface area contributed by atoms with Gasteiger partial charge >= 0.3 is 0 Å². The topological polar surface area (TPSA) is 37.0 Å². The van der Waals surface area contributed by atoms with E-state index in [-0.39, 0.29) is 0 Å². The average molecular weight is 239 g/mol. The molecule has 2 N–H and O–H groups in total. The summed E-state index contributed by atoms with van der Waals surface area (Å²) in [4.78, 5) is 5.68. The molecule has 90 valence electrons. The van der Waals surface area contributed by atoms with Crippen molar-refractivity contribution in [3.05, 3.63) is 16.1 Å². The number of rotatable bonds is 7. The van der Waals surface area contributed by atoms with E-state index in [1.165, 1.54) is 29.3 Å². The van der Waals surface area contributed by atoms with Crippen molar-refractivity contribution in [3.63, 3.8) is 0 Å². The first-order chi connectivity index (χ1) is 7.75. The largest absolute Gasteiger partial charge is 0.315 e. The summed E-state index contributed by atoms with van der Waals surface area (Å²) in [5, 5.41) is 8.17. The van der Waals surface area contributed by atoms with E-state index in [1.54, 1.807) is 11.3 Å². The molecule has 16 heavy (non-hydrogen) atoms. The number of thiazole rings is 1. The van der Waals surface area contributed by atoms with Crippen LogP contribution in [-0.2, 0) is 0 Å². The Morgan fingerprint density at radius 2 is 2.31 bits per heavy atom. The highest BCUT2D eigenvalue weighted by atomic mass is 32.1. The molecule has 0 bridgehead atoms. The van der Waals surface area contributed by atoms with Crippen LogP contribution < -0.4 is 10.6 Å². The van der Waals surface area contributed by atoms with Crippen molar-refractivity contribution >= 4 is 11.3 Å². The highest BCUT2D eigenvalue weighted by Crippen LogP contribution is 2.27. The SMILES string of the molecule is Cc1cnc(C(C)NCCNCC2CC2)s1. The fraction of sp³-hybridized carbons (Fsp3) is 0.750. The van der Waals surface area contributed by atoms with E-state index in [1.807, 2.05) is 6.20 Å². The molecule has 3 nitrogen and oxygen atoms in total. The molecule has 1 aromatic heterocycles. The Morgan fingerprint density at radius 3 is 2.94 bits per heavy atom. The highest BCUT2D eigenvalue weighted by Gasteiger charge is 2.19. The van der Waals surface area contributed by atoms with Gasteiger partial charge in [0.1, 0.15) is 5.01 Å². The predicted molar refractivity (Wildman–Crippen MR) is 68.9 cm³/mol. The Kier molecular flexibility index (Phi) is 4.32. The van der Waals surface area contributed by atoms with Crippen molar-refractivity contribution in [2.75, 3.05) is 19.6 Å². The van der Waals surface area contributed by atoms with Crippen LogP contribution in [0.5, 0.6) is 0 Å². The fourth-order valence-corrected chi connectivity index (χ4v) is 2.47. The van der Waals surface area contributed by atoms with Crippen LogP contribution in [0.4, 0.5) is 0 Å². The third-order valence-electron chi connectivity index (χ3n) is 2.89. The summed E-state index contributed by atoms with van der Waals surface area (Å²) in [6.07, 6.45) is 4.80. The Balaban J connectivity index is 1.57. The molecule has 0 amide bonds. The Bertz CT molecular complexity index is 320. The van der Waals surface area contributed by atoms with Gasteiger partial charge in [-0.3, -0.25) is 0 Å². The number of nitrogens with one attached hydrogen (secondary N) is 2. The summed E-state index contributed by atoms with van der Waals surface area (Å²) in [6.45, 7) is 7.56. The van der Waals surface area contributed by atoms with E-state index in [9.17, 15) is 0 Å². The van der Waals surface area contributed by atoms with Gasteiger partial charge < -0.3 is 10.6 Å². The monoisotopic (exact) mass is 239 g/mol. The van der Waals surface area contributed by atoms with Gasteiger partial charge in [-0.1, -0.05) is 0 Å². The third kappa shape index (κ3) is 3.85. The number of nitrogens with zero attached hydrogens (tertiary/aromatic N) is 1. The van der Waals surface area contributed by atoms with Gasteiger partial charge in [0.25, 0.3) is 0 Å². The van der Waals surface area contributed by atoms with Gasteiger partial charge in [0.15, 0.2) is 0 Å². The molecule has 1 saturated carbocycles. The van der Waals surface area contributed by atoms with Crippen molar-refractivity contribution in [2.45, 2.75) is 32.7 Å². The summed E-state index contributed by atoms with van der Waals surface area (Å²) < 4.78 is 0. The summed E-state index contributed by atoms with van der Waals surface area (Å²) >= 11 is 1.78. The lowest BCUT2D eigenvalue weighted by atomic mass is 10.3. The zero-order valence-electron chi connectivity index (χ0n) is 10.1. The number of hydrogen-bond acceptors (Lipinski definition) is 4. The van der Waals surface area contributed by atoms with Crippen LogP contribution in [0.2, 0.25) is 0 Å². The van der Waals surface area contributed by atoms with E-state index in [4.69, 9.17) is 0 Å². The summed E-state index contributed by atoms with van der Waals surface area (Å²) in [5.74, 6) is 0.971. The van der Waals surface area contributed by atoms with Gasteiger partial charge in [-0.05, 0) is 39.2 Å². The summed E-state index contributed by atoms with van der Waals surface area (Å²) in [5.41, 5.74) is 0. The fourth-order valence-electron chi connectivity index (χ4n) is 1.66. The number of aromatic nitrogens is 1. The molecular weight excluding hydrogens is 218 g/mol. The van der Waals surface area contributed by atoms with Gasteiger partial charge in [0, 0.05) is 24.2 Å². The van der Waals surface area contributed by atoms with Crippen molar-refractivity contribution in [2.24, 2.45) is 5.92 Å². The van der Waals surface area contributed by atoms with Gasteiger partial charge in [-0.25, -0.2) is 4.98 Å². The third-order valence-corrected chi connectivity index (χ3v) is 3.99. The maximum absolute atomic E-state index is 4.39. The summed E-state index contributed by atoms with van der Waals surface area (Å²) in [7, 11) is 0. The zero-order valence-corrected chi connectivity index (χ0v) is 10.9. The van der Waals surface area contributed by atoms with Crippen LogP contribution in [0.3, 0.4) is 0 Å². The standard InChI is InChI=1S/C12H21N3S/c1-9-7-15-12(16-9)10(2)14-6-5-13-8-11-3-4-11/h7,10-11,13-14H,3-6,8H2,1-2H3. The van der Waals surface area contributed by atoms with E-state index < -0.39 is 0 Å². The molecular formula is C12H21N3S. The molecule has 1 unspecified atom stereocenters. The first-order valence-electron chi connectivity index (χ1n) is 6.12. The van der Waals surface area contributed by atoms with Gasteiger partial charge in [0.05, 0.1) is 6.04 Å². The predicted octanol–water partition coefficient (Wildman–Crippen LogP) is 2.10. The second kappa shape index (κ2) is 5.75. The Morgan fingerprint density at radius 1 is 1.50 bits per heavy atom. The molecule has 1 heterocycles. The number of hydrogen-bond donors (Lipinski definition) is 2. The quantitative estimate of drug-likeness (QED) is 0.716. The first kappa shape index (κ1) is 12.0. The van der Waals surface area contributed by atoms with Crippen LogP contribution >= 0.6 is 11.3 Å².